The van der Waals surface area contributed by atoms with Crippen molar-refractivity contribution >= 4 is 28.8 Å². The summed E-state index contributed by atoms with van der Waals surface area (Å²) in [5.74, 6) is -0.411. The van der Waals surface area contributed by atoms with E-state index in [-0.39, 0.29) is 18.5 Å². The van der Waals surface area contributed by atoms with Crippen LogP contribution in [0.4, 0.5) is 13.2 Å². The van der Waals surface area contributed by atoms with Crippen molar-refractivity contribution in [3.63, 3.8) is 0 Å². The lowest BCUT2D eigenvalue weighted by Crippen LogP contribution is -2.13. The smallest absolute Gasteiger partial charge is 0.416 e. The Bertz CT molecular complexity index is 1030. The van der Waals surface area contributed by atoms with E-state index in [0.29, 0.717) is 21.8 Å². The Hall–Kier alpha value is -2.48. The van der Waals surface area contributed by atoms with Crippen LogP contribution in [-0.2, 0) is 28.7 Å². The van der Waals surface area contributed by atoms with Crippen LogP contribution in [0.5, 0.6) is 0 Å². The van der Waals surface area contributed by atoms with Gasteiger partial charge in [-0.05, 0) is 48.6 Å². The number of fused-ring (bicyclic) bond motifs is 1. The number of esters is 1. The summed E-state index contributed by atoms with van der Waals surface area (Å²) in [5, 5.41) is 0.736. The monoisotopic (exact) mass is 408 g/mol. The summed E-state index contributed by atoms with van der Waals surface area (Å²) in [5.41, 5.74) is 1.44. The van der Waals surface area contributed by atoms with Crippen LogP contribution in [-0.4, -0.2) is 28.9 Å². The lowest BCUT2D eigenvalue weighted by atomic mass is 10.1. The maximum atomic E-state index is 13.6. The number of carbonyl (C=O) groups excluding carboxylic acids is 1. The normalized spacial score (nSPS) is 11.8. The van der Waals surface area contributed by atoms with Crippen molar-refractivity contribution in [1.82, 2.24) is 9.55 Å². The Morgan fingerprint density at radius 1 is 1.29 bits per heavy atom. The lowest BCUT2D eigenvalue weighted by Gasteiger charge is -2.16. The fourth-order valence-corrected chi connectivity index (χ4v) is 3.69. The second-order valence-electron chi connectivity index (χ2n) is 6.30. The fraction of sp³-hybridized carbons (Fsp3) is 0.300. The van der Waals surface area contributed by atoms with Gasteiger partial charge in [-0.15, -0.1) is 11.8 Å². The molecule has 28 heavy (non-hydrogen) atoms. The van der Waals surface area contributed by atoms with Crippen LogP contribution in [0, 0.1) is 6.92 Å². The van der Waals surface area contributed by atoms with Crippen LogP contribution in [0.15, 0.2) is 41.4 Å². The minimum atomic E-state index is -4.46. The molecule has 0 saturated heterocycles. The standard InChI is InChI=1S/C20H19F3N2O2S/c1-12-16(10-18(26)27-2)15-5-4-8-24-19(15)25(12)11-13-6-7-14(28-3)9-17(13)20(21,22)23/h4-9H,10-11H2,1-3H3. The van der Waals surface area contributed by atoms with E-state index in [1.807, 2.05) is 6.07 Å². The molecular weight excluding hydrogens is 389 g/mol. The molecule has 3 aromatic rings. The number of methoxy groups -OCH3 is 1. The summed E-state index contributed by atoms with van der Waals surface area (Å²) < 4.78 is 47.3. The Labute approximate surface area is 164 Å². The van der Waals surface area contributed by atoms with Gasteiger partial charge in [0.1, 0.15) is 5.65 Å². The number of carbonyl (C=O) groups is 1. The van der Waals surface area contributed by atoms with Gasteiger partial charge in [-0.2, -0.15) is 13.2 Å². The van der Waals surface area contributed by atoms with Gasteiger partial charge in [-0.25, -0.2) is 4.98 Å². The molecule has 0 saturated carbocycles. The highest BCUT2D eigenvalue weighted by atomic mass is 32.2. The molecule has 0 radical (unpaired) electrons. The van der Waals surface area contributed by atoms with Crippen LogP contribution in [0.1, 0.15) is 22.4 Å². The molecule has 0 fully saturated rings. The number of hydrogen-bond donors (Lipinski definition) is 0. The highest BCUT2D eigenvalue weighted by molar-refractivity contribution is 7.98. The van der Waals surface area contributed by atoms with Crippen LogP contribution < -0.4 is 0 Å². The average molecular weight is 408 g/mol. The molecule has 0 aliphatic rings. The Morgan fingerprint density at radius 2 is 2.04 bits per heavy atom. The Kier molecular flexibility index (Phi) is 5.69. The van der Waals surface area contributed by atoms with Crippen molar-refractivity contribution in [2.45, 2.75) is 31.0 Å². The van der Waals surface area contributed by atoms with Gasteiger partial charge in [0.25, 0.3) is 0 Å². The molecule has 0 N–H and O–H groups in total. The third kappa shape index (κ3) is 3.87. The van der Waals surface area contributed by atoms with Gasteiger partial charge in [0.15, 0.2) is 0 Å². The van der Waals surface area contributed by atoms with Gasteiger partial charge in [-0.3, -0.25) is 4.79 Å². The largest absolute Gasteiger partial charge is 0.469 e. The number of nitrogens with zero attached hydrogens (tertiary/aromatic N) is 2. The first-order chi connectivity index (χ1) is 13.3. The molecule has 0 atom stereocenters. The minimum absolute atomic E-state index is 0.00399. The first-order valence-electron chi connectivity index (χ1n) is 8.50. The summed E-state index contributed by atoms with van der Waals surface area (Å²) >= 11 is 1.26. The molecule has 0 aliphatic heterocycles. The Balaban J connectivity index is 2.14. The van der Waals surface area contributed by atoms with Gasteiger partial charge in [0, 0.05) is 28.7 Å². The number of ether oxygens (including phenoxy) is 1. The zero-order valence-corrected chi connectivity index (χ0v) is 16.4. The zero-order chi connectivity index (χ0) is 20.5. The Morgan fingerprint density at radius 3 is 2.68 bits per heavy atom. The third-order valence-electron chi connectivity index (χ3n) is 4.71. The van der Waals surface area contributed by atoms with E-state index in [9.17, 15) is 18.0 Å². The number of hydrogen-bond acceptors (Lipinski definition) is 4. The molecule has 8 heteroatoms. The second-order valence-corrected chi connectivity index (χ2v) is 7.18. The predicted molar refractivity (Wildman–Crippen MR) is 103 cm³/mol. The van der Waals surface area contributed by atoms with Gasteiger partial charge >= 0.3 is 12.1 Å². The van der Waals surface area contributed by atoms with Gasteiger partial charge < -0.3 is 9.30 Å². The van der Waals surface area contributed by atoms with Crippen molar-refractivity contribution in [3.05, 3.63) is 58.9 Å². The first-order valence-corrected chi connectivity index (χ1v) is 9.72. The van der Waals surface area contributed by atoms with E-state index >= 15 is 0 Å². The molecule has 0 amide bonds. The molecule has 148 valence electrons. The summed E-state index contributed by atoms with van der Waals surface area (Å²) in [7, 11) is 1.30. The number of thioether (sulfide) groups is 1. The van der Waals surface area contributed by atoms with Crippen LogP contribution >= 0.6 is 11.8 Å². The number of benzene rings is 1. The molecule has 0 spiro atoms. The maximum Gasteiger partial charge on any atom is 0.416 e. The second kappa shape index (κ2) is 7.87. The molecular formula is C20H19F3N2O2S. The summed E-state index contributed by atoms with van der Waals surface area (Å²) in [6.45, 7) is 1.79. The third-order valence-corrected chi connectivity index (χ3v) is 5.43. The van der Waals surface area contributed by atoms with E-state index in [4.69, 9.17) is 4.74 Å². The van der Waals surface area contributed by atoms with E-state index in [1.165, 1.54) is 31.0 Å². The van der Waals surface area contributed by atoms with Gasteiger partial charge in [0.05, 0.1) is 19.1 Å². The van der Waals surface area contributed by atoms with E-state index in [1.54, 1.807) is 36.1 Å². The molecule has 0 unspecified atom stereocenters. The number of alkyl halides is 3. The minimum Gasteiger partial charge on any atom is -0.469 e. The number of halogens is 3. The van der Waals surface area contributed by atoms with Crippen molar-refractivity contribution in [2.75, 3.05) is 13.4 Å². The van der Waals surface area contributed by atoms with E-state index < -0.39 is 17.7 Å². The van der Waals surface area contributed by atoms with E-state index in [2.05, 4.69) is 4.98 Å². The highest BCUT2D eigenvalue weighted by Crippen LogP contribution is 2.36. The molecule has 2 heterocycles. The van der Waals surface area contributed by atoms with E-state index in [0.717, 1.165) is 5.39 Å². The van der Waals surface area contributed by atoms with Gasteiger partial charge in [-0.1, -0.05) is 6.07 Å². The first kappa shape index (κ1) is 20.3. The molecule has 1 aromatic carbocycles. The fourth-order valence-electron chi connectivity index (χ4n) is 3.25. The molecule has 3 rings (SSSR count). The zero-order valence-electron chi connectivity index (χ0n) is 15.6. The SMILES string of the molecule is COC(=O)Cc1c(C)n(Cc2ccc(SC)cc2C(F)(F)F)c2ncccc12. The molecule has 4 nitrogen and oxygen atoms in total. The van der Waals surface area contributed by atoms with Crippen molar-refractivity contribution < 1.29 is 22.7 Å². The van der Waals surface area contributed by atoms with Crippen molar-refractivity contribution in [2.24, 2.45) is 0 Å². The highest BCUT2D eigenvalue weighted by Gasteiger charge is 2.34. The molecule has 0 aliphatic carbocycles. The quantitative estimate of drug-likeness (QED) is 0.447. The summed E-state index contributed by atoms with van der Waals surface area (Å²) in [6.07, 6.45) is -1.10. The van der Waals surface area contributed by atoms with Crippen LogP contribution in [0.3, 0.4) is 0 Å². The number of rotatable bonds is 5. The molecule has 2 aromatic heterocycles. The lowest BCUT2D eigenvalue weighted by molar-refractivity contribution is -0.140. The van der Waals surface area contributed by atoms with Crippen molar-refractivity contribution in [1.29, 1.82) is 0 Å². The van der Waals surface area contributed by atoms with Crippen molar-refractivity contribution in [3.8, 4) is 0 Å². The van der Waals surface area contributed by atoms with Crippen LogP contribution in [0.2, 0.25) is 0 Å². The number of pyridine rings is 1. The van der Waals surface area contributed by atoms with Gasteiger partial charge in [0.2, 0.25) is 0 Å². The summed E-state index contributed by atoms with van der Waals surface area (Å²) in [6, 6.07) is 7.90. The summed E-state index contributed by atoms with van der Waals surface area (Å²) in [4.78, 5) is 16.7. The number of aromatic nitrogens is 2. The topological polar surface area (TPSA) is 44.1 Å². The predicted octanol–water partition coefficient (Wildman–Crippen LogP) is 4.85. The molecule has 0 bridgehead atoms. The van der Waals surface area contributed by atoms with Crippen LogP contribution in [0.25, 0.3) is 11.0 Å². The maximum absolute atomic E-state index is 13.6. The average Bonchev–Trinajstić information content (AvgIpc) is 2.93.